The van der Waals surface area contributed by atoms with E-state index in [-0.39, 0.29) is 11.7 Å². The standard InChI is InChI=1S/C21H31N3O3.C2H6/c1-4-5-6-7-21(26)22-10-11-24(3)12-13-27-18-8-9-19-17(14-18)15-20(23-19)16(2)25;1-2/h8-9,14-15,23H,4-7,10-13H2,1-3H3,(H,22,26);1-2H3. The number of carbonyl (C=O) groups excluding carboxylic acids is 2. The normalized spacial score (nSPS) is 10.6. The number of aromatic amines is 1. The molecule has 0 aliphatic heterocycles. The lowest BCUT2D eigenvalue weighted by atomic mass is 10.2. The first kappa shape index (κ1) is 24.7. The van der Waals surface area contributed by atoms with Crippen molar-refractivity contribution in [1.29, 1.82) is 0 Å². The van der Waals surface area contributed by atoms with Crippen LogP contribution in [0.2, 0.25) is 0 Å². The van der Waals surface area contributed by atoms with Crippen molar-refractivity contribution in [3.63, 3.8) is 0 Å². The Bertz CT molecular complexity index is 755. The lowest BCUT2D eigenvalue weighted by Crippen LogP contribution is -2.34. The van der Waals surface area contributed by atoms with Crippen molar-refractivity contribution in [3.05, 3.63) is 30.0 Å². The first-order valence-corrected chi connectivity index (χ1v) is 10.7. The zero-order chi connectivity index (χ0) is 21.6. The van der Waals surface area contributed by atoms with Crippen LogP contribution in [0, 0.1) is 0 Å². The van der Waals surface area contributed by atoms with Crippen molar-refractivity contribution in [2.45, 2.75) is 53.4 Å². The number of likely N-dealkylation sites (N-methyl/N-ethyl adjacent to an activating group) is 1. The van der Waals surface area contributed by atoms with Crippen LogP contribution in [0.4, 0.5) is 0 Å². The van der Waals surface area contributed by atoms with E-state index in [1.54, 1.807) is 6.92 Å². The van der Waals surface area contributed by atoms with Gasteiger partial charge in [0, 0.05) is 43.9 Å². The Morgan fingerprint density at radius 1 is 1.14 bits per heavy atom. The second-order valence-electron chi connectivity index (χ2n) is 6.95. The van der Waals surface area contributed by atoms with Gasteiger partial charge in [-0.05, 0) is 37.7 Å². The van der Waals surface area contributed by atoms with Crippen LogP contribution >= 0.6 is 0 Å². The van der Waals surface area contributed by atoms with Gasteiger partial charge in [0.05, 0.1) is 5.69 Å². The van der Waals surface area contributed by atoms with Crippen LogP contribution in [0.1, 0.15) is 63.9 Å². The summed E-state index contributed by atoms with van der Waals surface area (Å²) >= 11 is 0. The monoisotopic (exact) mass is 403 g/mol. The Balaban J connectivity index is 0.00000204. The molecule has 0 atom stereocenters. The number of ether oxygens (including phenoxy) is 1. The van der Waals surface area contributed by atoms with Gasteiger partial charge in [0.2, 0.25) is 5.91 Å². The summed E-state index contributed by atoms with van der Waals surface area (Å²) in [6.07, 6.45) is 3.82. The van der Waals surface area contributed by atoms with Crippen LogP contribution in [-0.2, 0) is 4.79 Å². The molecule has 0 spiro atoms. The zero-order valence-electron chi connectivity index (χ0n) is 18.6. The molecule has 162 valence electrons. The average Bonchev–Trinajstić information content (AvgIpc) is 3.13. The molecule has 0 aliphatic rings. The number of H-pyrrole nitrogens is 1. The summed E-state index contributed by atoms with van der Waals surface area (Å²) < 4.78 is 5.82. The van der Waals surface area contributed by atoms with Gasteiger partial charge >= 0.3 is 0 Å². The highest BCUT2D eigenvalue weighted by atomic mass is 16.5. The summed E-state index contributed by atoms with van der Waals surface area (Å²) in [7, 11) is 2.01. The van der Waals surface area contributed by atoms with Gasteiger partial charge in [-0.25, -0.2) is 0 Å². The lowest BCUT2D eigenvalue weighted by molar-refractivity contribution is -0.121. The molecule has 2 aromatic rings. The third-order valence-corrected chi connectivity index (χ3v) is 4.54. The van der Waals surface area contributed by atoms with Crippen molar-refractivity contribution >= 4 is 22.6 Å². The van der Waals surface area contributed by atoms with E-state index in [1.807, 2.05) is 45.2 Å². The largest absolute Gasteiger partial charge is 0.492 e. The van der Waals surface area contributed by atoms with Crippen LogP contribution in [0.25, 0.3) is 10.9 Å². The number of fused-ring (bicyclic) bond motifs is 1. The van der Waals surface area contributed by atoms with E-state index in [9.17, 15) is 9.59 Å². The maximum Gasteiger partial charge on any atom is 0.220 e. The molecular weight excluding hydrogens is 366 g/mol. The third-order valence-electron chi connectivity index (χ3n) is 4.54. The first-order chi connectivity index (χ1) is 14.0. The molecule has 6 nitrogen and oxygen atoms in total. The van der Waals surface area contributed by atoms with Gasteiger partial charge in [-0.2, -0.15) is 0 Å². The molecule has 29 heavy (non-hydrogen) atoms. The minimum Gasteiger partial charge on any atom is -0.492 e. The number of unbranched alkanes of at least 4 members (excludes halogenated alkanes) is 2. The van der Waals surface area contributed by atoms with E-state index in [0.29, 0.717) is 25.3 Å². The minimum absolute atomic E-state index is 0.0211. The van der Waals surface area contributed by atoms with Crippen LogP contribution in [-0.4, -0.2) is 54.9 Å². The average molecular weight is 404 g/mol. The van der Waals surface area contributed by atoms with Gasteiger partial charge in [0.25, 0.3) is 0 Å². The highest BCUT2D eigenvalue weighted by molar-refractivity contribution is 5.98. The number of benzene rings is 1. The summed E-state index contributed by atoms with van der Waals surface area (Å²) in [5, 5.41) is 3.93. The molecule has 1 aromatic heterocycles. The zero-order valence-corrected chi connectivity index (χ0v) is 18.6. The molecule has 6 heteroatoms. The van der Waals surface area contributed by atoms with Crippen LogP contribution in [0.5, 0.6) is 5.75 Å². The second-order valence-corrected chi connectivity index (χ2v) is 6.95. The Labute approximate surface area is 175 Å². The number of ketones is 1. The van der Waals surface area contributed by atoms with E-state index in [1.165, 1.54) is 0 Å². The molecule has 0 unspecified atom stereocenters. The second kappa shape index (κ2) is 13.8. The number of rotatable bonds is 12. The summed E-state index contributed by atoms with van der Waals surface area (Å²) in [6.45, 7) is 10.5. The van der Waals surface area contributed by atoms with Crippen LogP contribution in [0.3, 0.4) is 0 Å². The topological polar surface area (TPSA) is 74.4 Å². The fraction of sp³-hybridized carbons (Fsp3) is 0.565. The number of hydrogen-bond donors (Lipinski definition) is 2. The molecule has 0 saturated carbocycles. The molecule has 2 N–H and O–H groups in total. The molecule has 0 radical (unpaired) electrons. The maximum atomic E-state index is 11.7. The Morgan fingerprint density at radius 3 is 2.59 bits per heavy atom. The number of amides is 1. The molecule has 0 fully saturated rings. The number of carbonyl (C=O) groups is 2. The van der Waals surface area contributed by atoms with Crippen molar-refractivity contribution in [1.82, 2.24) is 15.2 Å². The highest BCUT2D eigenvalue weighted by Crippen LogP contribution is 2.21. The van der Waals surface area contributed by atoms with Crippen molar-refractivity contribution in [2.75, 3.05) is 33.3 Å². The van der Waals surface area contributed by atoms with Gasteiger partial charge in [0.15, 0.2) is 5.78 Å². The highest BCUT2D eigenvalue weighted by Gasteiger charge is 2.06. The van der Waals surface area contributed by atoms with Crippen molar-refractivity contribution in [3.8, 4) is 5.75 Å². The van der Waals surface area contributed by atoms with Crippen molar-refractivity contribution < 1.29 is 14.3 Å². The molecule has 1 aromatic carbocycles. The van der Waals surface area contributed by atoms with E-state index in [2.05, 4.69) is 22.1 Å². The fourth-order valence-electron chi connectivity index (χ4n) is 2.83. The number of nitrogens with zero attached hydrogens (tertiary/aromatic N) is 1. The van der Waals surface area contributed by atoms with Gasteiger partial charge in [0.1, 0.15) is 12.4 Å². The maximum absolute atomic E-state index is 11.7. The molecular formula is C23H37N3O3. The lowest BCUT2D eigenvalue weighted by Gasteiger charge is -2.17. The number of Topliss-reactive ketones (excluding diaryl/α,β-unsaturated/α-hetero) is 1. The molecule has 0 aliphatic carbocycles. The number of aromatic nitrogens is 1. The van der Waals surface area contributed by atoms with Crippen LogP contribution in [0.15, 0.2) is 24.3 Å². The Morgan fingerprint density at radius 2 is 1.90 bits per heavy atom. The number of hydrogen-bond acceptors (Lipinski definition) is 4. The molecule has 0 bridgehead atoms. The molecule has 1 heterocycles. The van der Waals surface area contributed by atoms with E-state index in [0.717, 1.165) is 49.0 Å². The summed E-state index contributed by atoms with van der Waals surface area (Å²) in [5.74, 6) is 0.944. The predicted octanol–water partition coefficient (Wildman–Crippen LogP) is 4.40. The molecule has 0 saturated heterocycles. The van der Waals surface area contributed by atoms with Crippen molar-refractivity contribution in [2.24, 2.45) is 0 Å². The smallest absolute Gasteiger partial charge is 0.220 e. The predicted molar refractivity (Wildman–Crippen MR) is 120 cm³/mol. The van der Waals surface area contributed by atoms with Gasteiger partial charge in [-0.3, -0.25) is 9.59 Å². The first-order valence-electron chi connectivity index (χ1n) is 10.7. The Kier molecular flexibility index (Phi) is 11.7. The van der Waals surface area contributed by atoms with Gasteiger partial charge in [-0.1, -0.05) is 33.6 Å². The molecule has 2 rings (SSSR count). The van der Waals surface area contributed by atoms with E-state index >= 15 is 0 Å². The minimum atomic E-state index is 0.0211. The van der Waals surface area contributed by atoms with Crippen LogP contribution < -0.4 is 10.1 Å². The fourth-order valence-corrected chi connectivity index (χ4v) is 2.83. The Hall–Kier alpha value is -2.34. The van der Waals surface area contributed by atoms with E-state index in [4.69, 9.17) is 4.74 Å². The SMILES string of the molecule is CC.CCCCCC(=O)NCCN(C)CCOc1ccc2[nH]c(C(C)=O)cc2c1. The quantitative estimate of drug-likeness (QED) is 0.407. The summed E-state index contributed by atoms with van der Waals surface area (Å²) in [5.41, 5.74) is 1.54. The third kappa shape index (κ3) is 9.13. The van der Waals surface area contributed by atoms with Gasteiger partial charge in [-0.15, -0.1) is 0 Å². The summed E-state index contributed by atoms with van der Waals surface area (Å²) in [4.78, 5) is 28.3. The summed E-state index contributed by atoms with van der Waals surface area (Å²) in [6, 6.07) is 7.61. The number of nitrogens with one attached hydrogen (secondary N) is 2. The van der Waals surface area contributed by atoms with Gasteiger partial charge < -0.3 is 19.9 Å². The molecule has 1 amide bonds. The van der Waals surface area contributed by atoms with E-state index < -0.39 is 0 Å².